The fraction of sp³-hybridized carbons (Fsp3) is 0.222. The van der Waals surface area contributed by atoms with Crippen molar-refractivity contribution in [3.8, 4) is 11.5 Å². The molecule has 0 radical (unpaired) electrons. The monoisotopic (exact) mass is 458 g/mol. The first-order valence-electron chi connectivity index (χ1n) is 11.1. The van der Waals surface area contributed by atoms with E-state index >= 15 is 0 Å². The predicted octanol–water partition coefficient (Wildman–Crippen LogP) is 4.44. The number of hydrogen-bond donors (Lipinski definition) is 1. The molecule has 0 saturated carbocycles. The molecular formula is C27H26N2O5. The second kappa shape index (κ2) is 10.2. The summed E-state index contributed by atoms with van der Waals surface area (Å²) < 4.78 is 11.2. The summed E-state index contributed by atoms with van der Waals surface area (Å²) >= 11 is 0. The van der Waals surface area contributed by atoms with Crippen LogP contribution >= 0.6 is 0 Å². The number of Topliss-reactive ketones (excluding diaryl/α,β-unsaturated/α-hetero) is 1. The number of carbonyl (C=O) groups is 3. The quantitative estimate of drug-likeness (QED) is 0.505. The van der Waals surface area contributed by atoms with E-state index in [2.05, 4.69) is 19.2 Å². The molecule has 0 aliphatic carbocycles. The van der Waals surface area contributed by atoms with Crippen molar-refractivity contribution < 1.29 is 23.9 Å². The zero-order chi connectivity index (χ0) is 24.1. The highest BCUT2D eigenvalue weighted by atomic mass is 16.5. The summed E-state index contributed by atoms with van der Waals surface area (Å²) in [5.41, 5.74) is 2.51. The van der Waals surface area contributed by atoms with E-state index in [1.54, 1.807) is 30.3 Å². The smallest absolute Gasteiger partial charge is 0.265 e. The molecule has 0 spiro atoms. The van der Waals surface area contributed by atoms with E-state index in [1.807, 2.05) is 42.5 Å². The van der Waals surface area contributed by atoms with E-state index < -0.39 is 0 Å². The minimum atomic E-state index is -0.359. The Morgan fingerprint density at radius 2 is 1.82 bits per heavy atom. The molecule has 1 aliphatic heterocycles. The first kappa shape index (κ1) is 23.0. The fourth-order valence-corrected chi connectivity index (χ4v) is 3.61. The van der Waals surface area contributed by atoms with E-state index in [0.717, 1.165) is 5.56 Å². The molecule has 1 aliphatic rings. The largest absolute Gasteiger partial charge is 0.485 e. The maximum Gasteiger partial charge on any atom is 0.265 e. The van der Waals surface area contributed by atoms with Gasteiger partial charge in [-0.25, -0.2) is 0 Å². The summed E-state index contributed by atoms with van der Waals surface area (Å²) in [4.78, 5) is 39.3. The summed E-state index contributed by atoms with van der Waals surface area (Å²) in [6.45, 7) is 3.66. The van der Waals surface area contributed by atoms with E-state index in [4.69, 9.17) is 9.47 Å². The minimum absolute atomic E-state index is 0.149. The van der Waals surface area contributed by atoms with Gasteiger partial charge in [0, 0.05) is 11.3 Å². The van der Waals surface area contributed by atoms with Gasteiger partial charge in [-0.15, -0.1) is 0 Å². The Bertz CT molecular complexity index is 1210. The van der Waals surface area contributed by atoms with Crippen LogP contribution in [0.4, 0.5) is 11.4 Å². The Morgan fingerprint density at radius 1 is 1.03 bits per heavy atom. The van der Waals surface area contributed by atoms with E-state index in [0.29, 0.717) is 34.4 Å². The van der Waals surface area contributed by atoms with Crippen molar-refractivity contribution in [1.29, 1.82) is 0 Å². The van der Waals surface area contributed by atoms with Crippen molar-refractivity contribution in [2.45, 2.75) is 19.8 Å². The predicted molar refractivity (Wildman–Crippen MR) is 130 cm³/mol. The van der Waals surface area contributed by atoms with Crippen LogP contribution in [-0.4, -0.2) is 37.4 Å². The number of hydrogen-bond acceptors (Lipinski definition) is 5. The topological polar surface area (TPSA) is 84.9 Å². The minimum Gasteiger partial charge on any atom is -0.485 e. The van der Waals surface area contributed by atoms with E-state index in [1.165, 1.54) is 4.90 Å². The average molecular weight is 459 g/mol. The van der Waals surface area contributed by atoms with Gasteiger partial charge in [0.05, 0.1) is 5.69 Å². The normalized spacial score (nSPS) is 12.7. The Balaban J connectivity index is 1.47. The molecule has 34 heavy (non-hydrogen) atoms. The van der Waals surface area contributed by atoms with Gasteiger partial charge < -0.3 is 14.8 Å². The Kier molecular flexibility index (Phi) is 6.92. The van der Waals surface area contributed by atoms with Crippen molar-refractivity contribution in [3.63, 3.8) is 0 Å². The van der Waals surface area contributed by atoms with Gasteiger partial charge in [-0.2, -0.15) is 0 Å². The second-order valence-corrected chi connectivity index (χ2v) is 8.30. The molecule has 7 heteroatoms. The van der Waals surface area contributed by atoms with Gasteiger partial charge in [0.2, 0.25) is 5.91 Å². The molecule has 0 unspecified atom stereocenters. The van der Waals surface area contributed by atoms with Gasteiger partial charge in [-0.1, -0.05) is 44.2 Å². The molecule has 0 bridgehead atoms. The highest BCUT2D eigenvalue weighted by molar-refractivity contribution is 6.06. The molecular weight excluding hydrogens is 432 g/mol. The number of rotatable bonds is 8. The van der Waals surface area contributed by atoms with Crippen LogP contribution < -0.4 is 19.7 Å². The van der Waals surface area contributed by atoms with Crippen LogP contribution in [-0.2, 0) is 9.59 Å². The van der Waals surface area contributed by atoms with Crippen molar-refractivity contribution in [2.75, 3.05) is 30.0 Å². The maximum absolute atomic E-state index is 12.8. The molecule has 3 aromatic carbocycles. The Hall–Kier alpha value is -4.13. The zero-order valence-corrected chi connectivity index (χ0v) is 19.1. The van der Waals surface area contributed by atoms with Crippen LogP contribution in [0.25, 0.3) is 0 Å². The molecule has 0 saturated heterocycles. The lowest BCUT2D eigenvalue weighted by molar-refractivity contribution is -0.123. The third-order valence-corrected chi connectivity index (χ3v) is 5.48. The lowest BCUT2D eigenvalue weighted by Gasteiger charge is -2.29. The zero-order valence-electron chi connectivity index (χ0n) is 19.1. The van der Waals surface area contributed by atoms with Crippen LogP contribution in [0, 0.1) is 0 Å². The number of para-hydroxylation sites is 1. The number of anilines is 2. The van der Waals surface area contributed by atoms with Crippen LogP contribution in [0.5, 0.6) is 11.5 Å². The van der Waals surface area contributed by atoms with Gasteiger partial charge in [0.15, 0.2) is 19.0 Å². The number of nitrogens with zero attached hydrogens (tertiary/aromatic N) is 1. The first-order valence-corrected chi connectivity index (χ1v) is 11.1. The summed E-state index contributed by atoms with van der Waals surface area (Å²) in [7, 11) is 0. The number of ketones is 1. The first-order chi connectivity index (χ1) is 16.4. The van der Waals surface area contributed by atoms with Crippen LogP contribution in [0.15, 0.2) is 72.8 Å². The summed E-state index contributed by atoms with van der Waals surface area (Å²) in [5.74, 6) is 0.455. The molecule has 1 heterocycles. The molecule has 2 amide bonds. The molecule has 0 atom stereocenters. The van der Waals surface area contributed by atoms with Gasteiger partial charge >= 0.3 is 0 Å². The number of carbonyl (C=O) groups excluding carboxylic acids is 3. The number of fused-ring (bicyclic) bond motifs is 1. The van der Waals surface area contributed by atoms with E-state index in [-0.39, 0.29) is 37.4 Å². The SMILES string of the molecule is CC(C)c1cccc(OCC(=O)c2ccc3c(c2)N(CC(=O)Nc2ccccc2)C(=O)CO3)c1. The van der Waals surface area contributed by atoms with Crippen LogP contribution in [0.3, 0.4) is 0 Å². The number of benzene rings is 3. The lowest BCUT2D eigenvalue weighted by atomic mass is 10.0. The average Bonchev–Trinajstić information content (AvgIpc) is 2.84. The molecule has 0 aromatic heterocycles. The fourth-order valence-electron chi connectivity index (χ4n) is 3.61. The highest BCUT2D eigenvalue weighted by Crippen LogP contribution is 2.33. The molecule has 3 aromatic rings. The third-order valence-electron chi connectivity index (χ3n) is 5.48. The van der Waals surface area contributed by atoms with Crippen molar-refractivity contribution in [2.24, 2.45) is 0 Å². The van der Waals surface area contributed by atoms with Gasteiger partial charge in [-0.05, 0) is 53.9 Å². The molecule has 7 nitrogen and oxygen atoms in total. The summed E-state index contributed by atoms with van der Waals surface area (Å²) in [6.07, 6.45) is 0. The molecule has 4 rings (SSSR count). The van der Waals surface area contributed by atoms with Gasteiger partial charge in [-0.3, -0.25) is 19.3 Å². The van der Waals surface area contributed by atoms with E-state index in [9.17, 15) is 14.4 Å². The Labute approximate surface area is 198 Å². The summed E-state index contributed by atoms with van der Waals surface area (Å²) in [6, 6.07) is 21.5. The molecule has 1 N–H and O–H groups in total. The van der Waals surface area contributed by atoms with Crippen LogP contribution in [0.1, 0.15) is 35.7 Å². The molecule has 174 valence electrons. The van der Waals surface area contributed by atoms with Crippen molar-refractivity contribution >= 4 is 29.0 Å². The van der Waals surface area contributed by atoms with Crippen molar-refractivity contribution in [3.05, 3.63) is 83.9 Å². The van der Waals surface area contributed by atoms with Crippen LogP contribution in [0.2, 0.25) is 0 Å². The third kappa shape index (κ3) is 5.43. The van der Waals surface area contributed by atoms with Gasteiger partial charge in [0.25, 0.3) is 5.91 Å². The highest BCUT2D eigenvalue weighted by Gasteiger charge is 2.28. The van der Waals surface area contributed by atoms with Gasteiger partial charge in [0.1, 0.15) is 18.0 Å². The lowest BCUT2D eigenvalue weighted by Crippen LogP contribution is -2.43. The maximum atomic E-state index is 12.8. The molecule has 0 fully saturated rings. The summed E-state index contributed by atoms with van der Waals surface area (Å²) in [5, 5.41) is 2.77. The standard InChI is InChI=1S/C27H26N2O5/c1-18(2)19-7-6-10-22(13-19)33-16-24(30)20-11-12-25-23(14-20)29(27(32)17-34-25)15-26(31)28-21-8-4-3-5-9-21/h3-14,18H,15-17H2,1-2H3,(H,28,31). The number of ether oxygens (including phenoxy) is 2. The second-order valence-electron chi connectivity index (χ2n) is 8.30. The number of amides is 2. The van der Waals surface area contributed by atoms with Crippen molar-refractivity contribution in [1.82, 2.24) is 0 Å². The Morgan fingerprint density at radius 3 is 2.59 bits per heavy atom. The number of nitrogens with one attached hydrogen (secondary N) is 1.